The van der Waals surface area contributed by atoms with Crippen molar-refractivity contribution in [3.8, 4) is 0 Å². The van der Waals surface area contributed by atoms with Crippen molar-refractivity contribution in [3.63, 3.8) is 0 Å². The molecular weight excluding hydrogens is 286 g/mol. The van der Waals surface area contributed by atoms with Crippen LogP contribution in [0.5, 0.6) is 0 Å². The Bertz CT molecular complexity index is 510. The standard InChI is InChI=1S/C7H12N2O7P2/c1-9-4-2-3-8-6(9)5-7(17(10,11)12)16-18(13,14)15/h2-4,7H,5H2,1H3,(H3-,10,11,12,13,14,15)/p+1. The van der Waals surface area contributed by atoms with Crippen LogP contribution in [-0.2, 0) is 27.1 Å². The van der Waals surface area contributed by atoms with Crippen molar-refractivity contribution in [1.82, 2.24) is 4.98 Å². The van der Waals surface area contributed by atoms with Crippen LogP contribution in [0.1, 0.15) is 5.82 Å². The first-order valence-corrected chi connectivity index (χ1v) is 7.89. The number of rotatable bonds is 5. The third-order valence-corrected chi connectivity index (χ3v) is 3.75. The largest absolute Gasteiger partial charge is 0.470 e. The van der Waals surface area contributed by atoms with Gasteiger partial charge >= 0.3 is 21.2 Å². The van der Waals surface area contributed by atoms with E-state index in [4.69, 9.17) is 19.6 Å². The highest BCUT2D eigenvalue weighted by Gasteiger charge is 2.38. The zero-order chi connectivity index (χ0) is 14.0. The second kappa shape index (κ2) is 5.54. The molecule has 1 aromatic heterocycles. The lowest BCUT2D eigenvalue weighted by molar-refractivity contribution is -0.682. The summed E-state index contributed by atoms with van der Waals surface area (Å²) in [6.45, 7) is 0. The number of aromatic nitrogens is 2. The van der Waals surface area contributed by atoms with Crippen LogP contribution in [-0.4, -0.2) is 30.4 Å². The molecule has 1 heterocycles. The second-order valence-corrected chi connectivity index (χ2v) is 6.44. The first kappa shape index (κ1) is 15.4. The van der Waals surface area contributed by atoms with Crippen molar-refractivity contribution in [1.29, 1.82) is 0 Å². The summed E-state index contributed by atoms with van der Waals surface area (Å²) in [4.78, 5) is 39.1. The monoisotopic (exact) mass is 299 g/mol. The SMILES string of the molecule is C[n+]1cccnc1CC(OP(=O)(O)O)P(=O)(O)O. The molecule has 0 bridgehead atoms. The van der Waals surface area contributed by atoms with Crippen LogP contribution in [0.25, 0.3) is 0 Å². The number of phosphoric ester groups is 1. The molecule has 102 valence electrons. The summed E-state index contributed by atoms with van der Waals surface area (Å²) in [7, 11) is -8.25. The molecule has 18 heavy (non-hydrogen) atoms. The summed E-state index contributed by atoms with van der Waals surface area (Å²) in [5.41, 5.74) is 0. The summed E-state index contributed by atoms with van der Waals surface area (Å²) in [6, 6.07) is 1.60. The van der Waals surface area contributed by atoms with E-state index in [0.717, 1.165) is 0 Å². The van der Waals surface area contributed by atoms with E-state index in [1.807, 2.05) is 0 Å². The average Bonchev–Trinajstić information content (AvgIpc) is 2.17. The Kier molecular flexibility index (Phi) is 4.74. The highest BCUT2D eigenvalue weighted by atomic mass is 31.2. The molecular formula is C7H13N2O7P2+. The molecule has 0 aromatic carbocycles. The van der Waals surface area contributed by atoms with Gasteiger partial charge in [-0.1, -0.05) is 4.98 Å². The molecule has 1 unspecified atom stereocenters. The quantitative estimate of drug-likeness (QED) is 0.403. The third-order valence-electron chi connectivity index (χ3n) is 2.02. The van der Waals surface area contributed by atoms with Crippen LogP contribution < -0.4 is 4.57 Å². The van der Waals surface area contributed by atoms with Gasteiger partial charge in [-0.05, 0) is 0 Å². The van der Waals surface area contributed by atoms with Crippen LogP contribution in [0, 0.1) is 0 Å². The van der Waals surface area contributed by atoms with Crippen molar-refractivity contribution in [2.75, 3.05) is 0 Å². The van der Waals surface area contributed by atoms with Gasteiger partial charge in [0.1, 0.15) is 6.20 Å². The van der Waals surface area contributed by atoms with Crippen LogP contribution in [0.2, 0.25) is 0 Å². The van der Waals surface area contributed by atoms with Gasteiger partial charge < -0.3 is 19.6 Å². The molecule has 9 nitrogen and oxygen atoms in total. The molecule has 11 heteroatoms. The lowest BCUT2D eigenvalue weighted by atomic mass is 10.4. The Morgan fingerprint density at radius 1 is 1.39 bits per heavy atom. The maximum Gasteiger partial charge on any atom is 0.470 e. The second-order valence-electron chi connectivity index (χ2n) is 3.49. The molecule has 0 amide bonds. The summed E-state index contributed by atoms with van der Waals surface area (Å²) in [6.07, 6.45) is 2.55. The van der Waals surface area contributed by atoms with Gasteiger partial charge in [0.05, 0.1) is 19.7 Å². The minimum atomic E-state index is -5.00. The molecule has 0 spiro atoms. The van der Waals surface area contributed by atoms with Gasteiger partial charge in [-0.15, -0.1) is 0 Å². The van der Waals surface area contributed by atoms with Gasteiger partial charge in [-0.2, -0.15) is 0 Å². The van der Waals surface area contributed by atoms with Crippen molar-refractivity contribution in [3.05, 3.63) is 24.3 Å². The molecule has 1 aromatic rings. The Morgan fingerprint density at radius 2 is 2.00 bits per heavy atom. The van der Waals surface area contributed by atoms with Crippen LogP contribution in [0.15, 0.2) is 18.5 Å². The molecule has 4 N–H and O–H groups in total. The lowest BCUT2D eigenvalue weighted by Crippen LogP contribution is -2.36. The smallest absolute Gasteiger partial charge is 0.323 e. The topological polar surface area (TPSA) is 141 Å². The summed E-state index contributed by atoms with van der Waals surface area (Å²) in [5, 5.41) is 0. The minimum Gasteiger partial charge on any atom is -0.323 e. The predicted molar refractivity (Wildman–Crippen MR) is 58.1 cm³/mol. The van der Waals surface area contributed by atoms with E-state index in [1.54, 1.807) is 19.3 Å². The number of hydrogen-bond acceptors (Lipinski definition) is 4. The Morgan fingerprint density at radius 3 is 2.44 bits per heavy atom. The molecule has 0 aliphatic rings. The van der Waals surface area contributed by atoms with Crippen molar-refractivity contribution in [2.24, 2.45) is 7.05 Å². The fraction of sp³-hybridized carbons (Fsp3) is 0.429. The molecule has 0 saturated heterocycles. The Labute approximate surface area is 102 Å². The fourth-order valence-corrected chi connectivity index (χ4v) is 2.86. The maximum absolute atomic E-state index is 11.1. The van der Waals surface area contributed by atoms with E-state index < -0.39 is 27.7 Å². The van der Waals surface area contributed by atoms with E-state index in [0.29, 0.717) is 0 Å². The number of hydrogen-bond donors (Lipinski definition) is 4. The zero-order valence-corrected chi connectivity index (χ0v) is 11.1. The fourth-order valence-electron chi connectivity index (χ4n) is 1.20. The summed E-state index contributed by atoms with van der Waals surface area (Å²) in [5.74, 6) is -1.72. The molecule has 0 aliphatic carbocycles. The minimum absolute atomic E-state index is 0.222. The first-order chi connectivity index (χ1) is 8.09. The van der Waals surface area contributed by atoms with Crippen molar-refractivity contribution >= 4 is 15.4 Å². The van der Waals surface area contributed by atoms with Crippen LogP contribution in [0.4, 0.5) is 0 Å². The van der Waals surface area contributed by atoms with Gasteiger partial charge in [0.2, 0.25) is 0 Å². The van der Waals surface area contributed by atoms with Gasteiger partial charge in [-0.25, -0.2) is 9.13 Å². The highest BCUT2D eigenvalue weighted by molar-refractivity contribution is 7.53. The molecule has 0 saturated carbocycles. The van der Waals surface area contributed by atoms with Crippen LogP contribution >= 0.6 is 15.4 Å². The van der Waals surface area contributed by atoms with Crippen molar-refractivity contribution < 1.29 is 37.8 Å². The molecule has 1 atom stereocenters. The predicted octanol–water partition coefficient (Wildman–Crippen LogP) is -0.938. The number of phosphoric acid groups is 1. The van der Waals surface area contributed by atoms with Crippen LogP contribution in [0.3, 0.4) is 0 Å². The van der Waals surface area contributed by atoms with E-state index in [2.05, 4.69) is 9.51 Å². The van der Waals surface area contributed by atoms with Gasteiger partial charge in [0.15, 0.2) is 5.85 Å². The summed E-state index contributed by atoms with van der Waals surface area (Å²) >= 11 is 0. The van der Waals surface area contributed by atoms with Gasteiger partial charge in [-0.3, -0.25) is 9.09 Å². The van der Waals surface area contributed by atoms with E-state index in [-0.39, 0.29) is 5.82 Å². The molecule has 0 radical (unpaired) electrons. The summed E-state index contributed by atoms with van der Waals surface area (Å²) < 4.78 is 27.4. The van der Waals surface area contributed by atoms with E-state index in [9.17, 15) is 9.13 Å². The molecule has 0 fully saturated rings. The molecule has 0 aliphatic heterocycles. The average molecular weight is 299 g/mol. The lowest BCUT2D eigenvalue weighted by Gasteiger charge is -2.17. The Balaban J connectivity index is 2.97. The first-order valence-electron chi connectivity index (χ1n) is 4.68. The Hall–Kier alpha value is -0.660. The van der Waals surface area contributed by atoms with Gasteiger partial charge in [0.25, 0.3) is 0 Å². The normalized spacial score (nSPS) is 14.5. The number of nitrogens with zero attached hydrogens (tertiary/aromatic N) is 2. The number of aryl methyl sites for hydroxylation is 1. The van der Waals surface area contributed by atoms with E-state index in [1.165, 1.54) is 10.8 Å². The molecule has 1 rings (SSSR count). The zero-order valence-electron chi connectivity index (χ0n) is 9.32. The third kappa shape index (κ3) is 4.91. The van der Waals surface area contributed by atoms with Crippen molar-refractivity contribution in [2.45, 2.75) is 12.3 Å². The highest BCUT2D eigenvalue weighted by Crippen LogP contribution is 2.51. The van der Waals surface area contributed by atoms with Gasteiger partial charge in [0, 0.05) is 6.07 Å². The van der Waals surface area contributed by atoms with E-state index >= 15 is 0 Å². The maximum atomic E-state index is 11.1.